The molecule has 1 fully saturated rings. The smallest absolute Gasteiger partial charge is 0.449 e. The third-order valence-corrected chi connectivity index (χ3v) is 2.41. The van der Waals surface area contributed by atoms with Gasteiger partial charge in [-0.15, -0.1) is 0 Å². The van der Waals surface area contributed by atoms with Crippen LogP contribution in [0.4, 0.5) is 12.9 Å². The Kier molecular flexibility index (Phi) is 1.97. The van der Waals surface area contributed by atoms with Crippen molar-refractivity contribution in [3.05, 3.63) is 0 Å². The highest BCUT2D eigenvalue weighted by atomic mass is 19.4. The van der Waals surface area contributed by atoms with Gasteiger partial charge in [0.05, 0.1) is 0 Å². The number of rotatable bonds is 1. The second-order valence-electron chi connectivity index (χ2n) is 3.20. The highest BCUT2D eigenvalue weighted by Crippen LogP contribution is 2.44. The molecular formula is C6H11BF3-. The van der Waals surface area contributed by atoms with Crippen molar-refractivity contribution in [2.45, 2.75) is 32.0 Å². The predicted octanol–water partition coefficient (Wildman–Crippen LogP) is 3.02. The third kappa shape index (κ3) is 1.47. The van der Waals surface area contributed by atoms with Gasteiger partial charge in [0.1, 0.15) is 0 Å². The molecule has 0 aromatic rings. The summed E-state index contributed by atoms with van der Waals surface area (Å²) in [4.78, 5) is 0. The largest absolute Gasteiger partial charge is 0.481 e. The second kappa shape index (κ2) is 2.48. The second-order valence-corrected chi connectivity index (χ2v) is 3.20. The quantitative estimate of drug-likeness (QED) is 0.505. The topological polar surface area (TPSA) is 0 Å². The normalized spacial score (nSPS) is 34.8. The first-order chi connectivity index (χ1) is 4.52. The van der Waals surface area contributed by atoms with Crippen LogP contribution in [0.15, 0.2) is 0 Å². The summed E-state index contributed by atoms with van der Waals surface area (Å²) in [5.41, 5.74) is 0. The molecule has 1 unspecified atom stereocenters. The van der Waals surface area contributed by atoms with E-state index in [0.29, 0.717) is 6.42 Å². The van der Waals surface area contributed by atoms with Crippen molar-refractivity contribution in [2.24, 2.45) is 5.92 Å². The summed E-state index contributed by atoms with van der Waals surface area (Å²) in [5, 5.41) is 0. The van der Waals surface area contributed by atoms with Crippen LogP contribution in [-0.4, -0.2) is 6.98 Å². The number of hydrogen-bond acceptors (Lipinski definition) is 0. The van der Waals surface area contributed by atoms with E-state index in [-0.39, 0.29) is 5.92 Å². The fourth-order valence-electron chi connectivity index (χ4n) is 1.74. The molecule has 0 nitrogen and oxygen atoms in total. The van der Waals surface area contributed by atoms with Gasteiger partial charge in [0.2, 0.25) is 0 Å². The lowest BCUT2D eigenvalue weighted by Gasteiger charge is -2.25. The first kappa shape index (κ1) is 7.96. The summed E-state index contributed by atoms with van der Waals surface area (Å²) in [7, 11) is 0. The molecule has 2 atom stereocenters. The Morgan fingerprint density at radius 3 is 2.00 bits per heavy atom. The Morgan fingerprint density at radius 2 is 1.80 bits per heavy atom. The Bertz CT molecular complexity index is 121. The van der Waals surface area contributed by atoms with E-state index in [9.17, 15) is 12.9 Å². The van der Waals surface area contributed by atoms with E-state index < -0.39 is 12.8 Å². The van der Waals surface area contributed by atoms with Crippen LogP contribution in [-0.2, 0) is 0 Å². The molecule has 4 heteroatoms. The molecule has 0 saturated heterocycles. The molecule has 0 spiro atoms. The maximum Gasteiger partial charge on any atom is 0.481 e. The monoisotopic (exact) mass is 151 g/mol. The summed E-state index contributed by atoms with van der Waals surface area (Å²) >= 11 is 0. The molecular weight excluding hydrogens is 140 g/mol. The lowest BCUT2D eigenvalue weighted by atomic mass is 9.67. The fourth-order valence-corrected chi connectivity index (χ4v) is 1.74. The summed E-state index contributed by atoms with van der Waals surface area (Å²) in [6.45, 7) is -2.85. The molecule has 1 aliphatic carbocycles. The SMILES string of the molecule is C[C@@H]1CCCC1[B-](F)(F)F. The van der Waals surface area contributed by atoms with Crippen molar-refractivity contribution in [3.8, 4) is 0 Å². The van der Waals surface area contributed by atoms with Gasteiger partial charge in [-0.2, -0.15) is 0 Å². The van der Waals surface area contributed by atoms with Crippen LogP contribution in [0.2, 0.25) is 5.82 Å². The first-order valence-corrected chi connectivity index (χ1v) is 3.72. The maximum absolute atomic E-state index is 12.1. The summed E-state index contributed by atoms with van der Waals surface area (Å²) in [5.74, 6) is -1.08. The van der Waals surface area contributed by atoms with E-state index in [1.165, 1.54) is 0 Å². The van der Waals surface area contributed by atoms with Crippen molar-refractivity contribution >= 4 is 6.98 Å². The van der Waals surface area contributed by atoms with Crippen molar-refractivity contribution in [2.75, 3.05) is 0 Å². The van der Waals surface area contributed by atoms with E-state index in [2.05, 4.69) is 0 Å². The minimum absolute atomic E-state index is 0.125. The molecule has 1 rings (SSSR count). The molecule has 10 heavy (non-hydrogen) atoms. The molecule has 0 bridgehead atoms. The van der Waals surface area contributed by atoms with E-state index in [0.717, 1.165) is 12.8 Å². The van der Waals surface area contributed by atoms with Gasteiger partial charge in [-0.05, 0) is 0 Å². The minimum Gasteiger partial charge on any atom is -0.449 e. The van der Waals surface area contributed by atoms with Crippen LogP contribution in [0.25, 0.3) is 0 Å². The summed E-state index contributed by atoms with van der Waals surface area (Å²) < 4.78 is 36.2. The summed E-state index contributed by atoms with van der Waals surface area (Å²) in [6, 6.07) is 0. The molecule has 1 saturated carbocycles. The van der Waals surface area contributed by atoms with Gasteiger partial charge in [-0.3, -0.25) is 0 Å². The van der Waals surface area contributed by atoms with E-state index in [1.807, 2.05) is 0 Å². The zero-order valence-corrected chi connectivity index (χ0v) is 5.99. The molecule has 0 amide bonds. The van der Waals surface area contributed by atoms with Crippen LogP contribution in [0.3, 0.4) is 0 Å². The fraction of sp³-hybridized carbons (Fsp3) is 1.00. The van der Waals surface area contributed by atoms with Crippen LogP contribution in [0.5, 0.6) is 0 Å². The van der Waals surface area contributed by atoms with Gasteiger partial charge >= 0.3 is 6.98 Å². The lowest BCUT2D eigenvalue weighted by molar-refractivity contribution is 0.402. The molecule has 0 N–H and O–H groups in total. The van der Waals surface area contributed by atoms with Gasteiger partial charge in [-0.25, -0.2) is 0 Å². The average molecular weight is 151 g/mol. The van der Waals surface area contributed by atoms with E-state index >= 15 is 0 Å². The average Bonchev–Trinajstić information content (AvgIpc) is 2.11. The highest BCUT2D eigenvalue weighted by Gasteiger charge is 2.40. The molecule has 0 aromatic carbocycles. The number of hydrogen-bond donors (Lipinski definition) is 0. The van der Waals surface area contributed by atoms with Crippen LogP contribution < -0.4 is 0 Å². The zero-order chi connectivity index (χ0) is 7.78. The molecule has 0 aliphatic heterocycles. The summed E-state index contributed by atoms with van der Waals surface area (Å²) in [6.07, 6.45) is 1.88. The molecule has 0 radical (unpaired) electrons. The number of halogens is 3. The zero-order valence-electron chi connectivity index (χ0n) is 5.99. The lowest BCUT2D eigenvalue weighted by Crippen LogP contribution is -2.25. The molecule has 0 aromatic heterocycles. The Labute approximate surface area is 58.9 Å². The molecule has 1 aliphatic rings. The Morgan fingerprint density at radius 1 is 1.20 bits per heavy atom. The minimum atomic E-state index is -4.55. The predicted molar refractivity (Wildman–Crippen MR) is 35.8 cm³/mol. The molecule has 0 heterocycles. The Hall–Kier alpha value is -0.145. The first-order valence-electron chi connectivity index (χ1n) is 3.72. The van der Waals surface area contributed by atoms with Crippen LogP contribution in [0.1, 0.15) is 26.2 Å². The standard InChI is InChI=1S/C6H11BF3/c1-5-3-2-4-6(5)7(8,9)10/h5-6H,2-4H2,1H3/q-1/t5-,6?/m1/s1. The maximum atomic E-state index is 12.1. The van der Waals surface area contributed by atoms with Gasteiger partial charge < -0.3 is 12.9 Å². The highest BCUT2D eigenvalue weighted by molar-refractivity contribution is 6.60. The van der Waals surface area contributed by atoms with Crippen LogP contribution in [0, 0.1) is 5.92 Å². The van der Waals surface area contributed by atoms with Gasteiger partial charge in [0, 0.05) is 0 Å². The van der Waals surface area contributed by atoms with Crippen LogP contribution >= 0.6 is 0 Å². The van der Waals surface area contributed by atoms with E-state index in [1.54, 1.807) is 6.92 Å². The van der Waals surface area contributed by atoms with Gasteiger partial charge in [0.25, 0.3) is 0 Å². The van der Waals surface area contributed by atoms with Gasteiger partial charge in [-0.1, -0.05) is 37.9 Å². The Balaban J connectivity index is 2.55. The van der Waals surface area contributed by atoms with Gasteiger partial charge in [0.15, 0.2) is 0 Å². The van der Waals surface area contributed by atoms with Crippen molar-refractivity contribution in [1.82, 2.24) is 0 Å². The van der Waals surface area contributed by atoms with Crippen molar-refractivity contribution in [3.63, 3.8) is 0 Å². The molecule has 60 valence electrons. The van der Waals surface area contributed by atoms with Crippen molar-refractivity contribution in [1.29, 1.82) is 0 Å². The van der Waals surface area contributed by atoms with Crippen molar-refractivity contribution < 1.29 is 12.9 Å². The third-order valence-electron chi connectivity index (χ3n) is 2.41. The van der Waals surface area contributed by atoms with E-state index in [4.69, 9.17) is 0 Å².